The second kappa shape index (κ2) is 7.13. The summed E-state index contributed by atoms with van der Waals surface area (Å²) >= 11 is 0. The molecule has 2 heterocycles. The third-order valence-corrected chi connectivity index (χ3v) is 4.68. The zero-order valence-electron chi connectivity index (χ0n) is 14.0. The van der Waals surface area contributed by atoms with Gasteiger partial charge in [-0.1, -0.05) is 32.3 Å². The fourth-order valence-corrected chi connectivity index (χ4v) is 3.31. The van der Waals surface area contributed by atoms with E-state index in [1.54, 1.807) is 17.1 Å². The summed E-state index contributed by atoms with van der Waals surface area (Å²) in [7, 11) is 0. The van der Waals surface area contributed by atoms with Crippen LogP contribution in [0.2, 0.25) is 0 Å². The van der Waals surface area contributed by atoms with E-state index in [1.807, 2.05) is 25.1 Å². The van der Waals surface area contributed by atoms with Gasteiger partial charge in [0, 0.05) is 12.7 Å². The molecular formula is C18H24N4O2. The molecule has 0 saturated heterocycles. The summed E-state index contributed by atoms with van der Waals surface area (Å²) in [4.78, 5) is 16.8. The van der Waals surface area contributed by atoms with Gasteiger partial charge in [0.15, 0.2) is 5.82 Å². The lowest BCUT2D eigenvalue weighted by molar-refractivity contribution is 0.00524. The molecule has 1 aliphatic rings. The SMILES string of the molecule is CCc1c(C(=O)NCC2(O)CCCCC2)cnn1-c1ccccn1. The van der Waals surface area contributed by atoms with Crippen molar-refractivity contribution in [2.75, 3.05) is 6.54 Å². The van der Waals surface area contributed by atoms with Crippen LogP contribution in [0.25, 0.3) is 5.82 Å². The largest absolute Gasteiger partial charge is 0.388 e. The molecule has 0 aliphatic heterocycles. The number of amides is 1. The second-order valence-electron chi connectivity index (χ2n) is 6.43. The van der Waals surface area contributed by atoms with Crippen LogP contribution in [0.1, 0.15) is 55.1 Å². The highest BCUT2D eigenvalue weighted by Crippen LogP contribution is 2.27. The summed E-state index contributed by atoms with van der Waals surface area (Å²) in [5, 5.41) is 17.7. The first-order valence-corrected chi connectivity index (χ1v) is 8.62. The highest BCUT2D eigenvalue weighted by atomic mass is 16.3. The summed E-state index contributed by atoms with van der Waals surface area (Å²) in [6.07, 6.45) is 8.65. The Bertz CT molecular complexity index is 690. The lowest BCUT2D eigenvalue weighted by Crippen LogP contribution is -2.44. The normalized spacial score (nSPS) is 16.8. The molecule has 0 bridgehead atoms. The monoisotopic (exact) mass is 328 g/mol. The molecule has 2 aromatic heterocycles. The van der Waals surface area contributed by atoms with Crippen LogP contribution >= 0.6 is 0 Å². The third kappa shape index (κ3) is 3.48. The van der Waals surface area contributed by atoms with Gasteiger partial charge in [-0.2, -0.15) is 5.10 Å². The minimum Gasteiger partial charge on any atom is -0.388 e. The topological polar surface area (TPSA) is 80.0 Å². The fraction of sp³-hybridized carbons (Fsp3) is 0.500. The van der Waals surface area contributed by atoms with Crippen molar-refractivity contribution < 1.29 is 9.90 Å². The van der Waals surface area contributed by atoms with Crippen LogP contribution in [-0.4, -0.2) is 37.9 Å². The number of carbonyl (C=O) groups is 1. The maximum atomic E-state index is 12.6. The number of pyridine rings is 1. The van der Waals surface area contributed by atoms with Crippen molar-refractivity contribution in [1.29, 1.82) is 0 Å². The number of carbonyl (C=O) groups excluding carboxylic acids is 1. The first-order chi connectivity index (χ1) is 11.6. The van der Waals surface area contributed by atoms with Crippen LogP contribution in [0, 0.1) is 0 Å². The average Bonchev–Trinajstić information content (AvgIpc) is 3.05. The first-order valence-electron chi connectivity index (χ1n) is 8.62. The molecular weight excluding hydrogens is 304 g/mol. The molecule has 0 spiro atoms. The Hall–Kier alpha value is -2.21. The molecule has 128 valence electrons. The predicted octanol–water partition coefficient (Wildman–Crippen LogP) is 2.25. The first kappa shape index (κ1) is 16.6. The van der Waals surface area contributed by atoms with Crippen LogP contribution < -0.4 is 5.32 Å². The van der Waals surface area contributed by atoms with Crippen LogP contribution in [-0.2, 0) is 6.42 Å². The number of hydrogen-bond donors (Lipinski definition) is 2. The lowest BCUT2D eigenvalue weighted by atomic mass is 9.85. The van der Waals surface area contributed by atoms with Crippen molar-refractivity contribution in [2.45, 2.75) is 51.0 Å². The summed E-state index contributed by atoms with van der Waals surface area (Å²) in [5.41, 5.74) is 0.599. The number of hydrogen-bond acceptors (Lipinski definition) is 4. The predicted molar refractivity (Wildman–Crippen MR) is 91.1 cm³/mol. The van der Waals surface area contributed by atoms with Crippen LogP contribution in [0.5, 0.6) is 0 Å². The van der Waals surface area contributed by atoms with Crippen molar-refractivity contribution in [3.8, 4) is 5.82 Å². The molecule has 1 aliphatic carbocycles. The molecule has 6 heteroatoms. The van der Waals surface area contributed by atoms with Gasteiger partial charge < -0.3 is 10.4 Å². The van der Waals surface area contributed by atoms with Gasteiger partial charge in [0.2, 0.25) is 0 Å². The maximum absolute atomic E-state index is 12.6. The van der Waals surface area contributed by atoms with E-state index in [0.29, 0.717) is 24.3 Å². The number of nitrogens with zero attached hydrogens (tertiary/aromatic N) is 3. The Balaban J connectivity index is 1.74. The summed E-state index contributed by atoms with van der Waals surface area (Å²) < 4.78 is 1.70. The Morgan fingerprint density at radius 3 is 2.79 bits per heavy atom. The number of aliphatic hydroxyl groups is 1. The molecule has 2 aromatic rings. The van der Waals surface area contributed by atoms with Gasteiger partial charge in [-0.25, -0.2) is 9.67 Å². The Morgan fingerprint density at radius 1 is 1.33 bits per heavy atom. The van der Waals surface area contributed by atoms with E-state index >= 15 is 0 Å². The van der Waals surface area contributed by atoms with E-state index in [0.717, 1.165) is 37.8 Å². The van der Waals surface area contributed by atoms with Crippen molar-refractivity contribution in [3.63, 3.8) is 0 Å². The van der Waals surface area contributed by atoms with Crippen molar-refractivity contribution in [3.05, 3.63) is 41.9 Å². The fourth-order valence-electron chi connectivity index (χ4n) is 3.31. The highest BCUT2D eigenvalue weighted by molar-refractivity contribution is 5.95. The van der Waals surface area contributed by atoms with Crippen molar-refractivity contribution >= 4 is 5.91 Å². The van der Waals surface area contributed by atoms with E-state index in [9.17, 15) is 9.90 Å². The zero-order valence-corrected chi connectivity index (χ0v) is 14.0. The minimum atomic E-state index is -0.767. The molecule has 0 atom stereocenters. The Kier molecular flexibility index (Phi) is 4.94. The van der Waals surface area contributed by atoms with Gasteiger partial charge in [0.05, 0.1) is 23.1 Å². The van der Waals surface area contributed by atoms with Crippen molar-refractivity contribution in [2.24, 2.45) is 0 Å². The molecule has 0 radical (unpaired) electrons. The number of nitrogens with one attached hydrogen (secondary N) is 1. The van der Waals surface area contributed by atoms with E-state index in [2.05, 4.69) is 15.4 Å². The van der Waals surface area contributed by atoms with E-state index in [1.165, 1.54) is 0 Å². The van der Waals surface area contributed by atoms with E-state index in [-0.39, 0.29) is 5.91 Å². The molecule has 3 rings (SSSR count). The Morgan fingerprint density at radius 2 is 2.12 bits per heavy atom. The second-order valence-corrected chi connectivity index (χ2v) is 6.43. The summed E-state index contributed by atoms with van der Waals surface area (Å²) in [6, 6.07) is 5.59. The third-order valence-electron chi connectivity index (χ3n) is 4.68. The molecule has 6 nitrogen and oxygen atoms in total. The molecule has 0 aromatic carbocycles. The van der Waals surface area contributed by atoms with Crippen LogP contribution in [0.3, 0.4) is 0 Å². The number of aromatic nitrogens is 3. The Labute approximate surface area is 141 Å². The van der Waals surface area contributed by atoms with Gasteiger partial charge in [-0.15, -0.1) is 0 Å². The standard InChI is InChI=1S/C18H24N4O2/c1-2-15-14(12-21-22(15)16-8-4-7-11-19-16)17(23)20-13-18(24)9-5-3-6-10-18/h4,7-8,11-12,24H,2-3,5-6,9-10,13H2,1H3,(H,20,23). The van der Waals surface area contributed by atoms with Gasteiger partial charge in [0.1, 0.15) is 0 Å². The molecule has 1 saturated carbocycles. The number of rotatable bonds is 5. The smallest absolute Gasteiger partial charge is 0.254 e. The summed E-state index contributed by atoms with van der Waals surface area (Å²) in [5.74, 6) is 0.507. The molecule has 2 N–H and O–H groups in total. The quantitative estimate of drug-likeness (QED) is 0.882. The van der Waals surface area contributed by atoms with Gasteiger partial charge in [-0.3, -0.25) is 4.79 Å². The van der Waals surface area contributed by atoms with Crippen LogP contribution in [0.15, 0.2) is 30.6 Å². The van der Waals surface area contributed by atoms with E-state index < -0.39 is 5.60 Å². The van der Waals surface area contributed by atoms with Gasteiger partial charge >= 0.3 is 0 Å². The van der Waals surface area contributed by atoms with E-state index in [4.69, 9.17) is 0 Å². The molecule has 24 heavy (non-hydrogen) atoms. The maximum Gasteiger partial charge on any atom is 0.254 e. The van der Waals surface area contributed by atoms with Crippen LogP contribution in [0.4, 0.5) is 0 Å². The average molecular weight is 328 g/mol. The highest BCUT2D eigenvalue weighted by Gasteiger charge is 2.30. The van der Waals surface area contributed by atoms with Gasteiger partial charge in [0.25, 0.3) is 5.91 Å². The molecule has 1 fully saturated rings. The zero-order chi connectivity index (χ0) is 17.0. The lowest BCUT2D eigenvalue weighted by Gasteiger charge is -2.32. The van der Waals surface area contributed by atoms with Gasteiger partial charge in [-0.05, 0) is 31.4 Å². The summed E-state index contributed by atoms with van der Waals surface area (Å²) in [6.45, 7) is 2.28. The minimum absolute atomic E-state index is 0.187. The molecule has 0 unspecified atom stereocenters. The van der Waals surface area contributed by atoms with Crippen molar-refractivity contribution in [1.82, 2.24) is 20.1 Å². The molecule has 1 amide bonds.